The number of aliphatic hydroxyl groups is 1. The molecule has 3 atom stereocenters. The van der Waals surface area contributed by atoms with E-state index in [1.165, 1.54) is 24.8 Å². The van der Waals surface area contributed by atoms with Crippen molar-refractivity contribution in [2.45, 2.75) is 52.2 Å². The van der Waals surface area contributed by atoms with Gasteiger partial charge in [-0.2, -0.15) is 5.10 Å². The molecule has 0 aliphatic heterocycles. The van der Waals surface area contributed by atoms with Crippen molar-refractivity contribution < 1.29 is 5.11 Å². The van der Waals surface area contributed by atoms with Crippen LogP contribution in [0.2, 0.25) is 0 Å². The van der Waals surface area contributed by atoms with Crippen molar-refractivity contribution in [2.75, 3.05) is 6.61 Å². The minimum atomic E-state index is 0.145. The summed E-state index contributed by atoms with van der Waals surface area (Å²) in [6, 6.07) is 0.641. The highest BCUT2D eigenvalue weighted by Crippen LogP contribution is 2.28. The molecule has 3 unspecified atom stereocenters. The molecule has 1 aromatic heterocycles. The van der Waals surface area contributed by atoms with E-state index >= 15 is 0 Å². The van der Waals surface area contributed by atoms with Crippen molar-refractivity contribution in [3.63, 3.8) is 0 Å². The van der Waals surface area contributed by atoms with Gasteiger partial charge in [0.2, 0.25) is 0 Å². The van der Waals surface area contributed by atoms with Crippen LogP contribution >= 0.6 is 0 Å². The lowest BCUT2D eigenvalue weighted by atomic mass is 9.80. The molecule has 0 spiro atoms. The first-order chi connectivity index (χ1) is 8.69. The Hall–Kier alpha value is -0.870. The zero-order valence-electron chi connectivity index (χ0n) is 11.5. The second-order valence-electron chi connectivity index (χ2n) is 5.72. The molecule has 1 aliphatic carbocycles. The monoisotopic (exact) mass is 251 g/mol. The minimum absolute atomic E-state index is 0.145. The molecule has 4 heteroatoms. The predicted octanol–water partition coefficient (Wildman–Crippen LogP) is 1.79. The van der Waals surface area contributed by atoms with Crippen LogP contribution in [0.4, 0.5) is 0 Å². The number of hydrogen-bond donors (Lipinski definition) is 2. The summed E-state index contributed by atoms with van der Waals surface area (Å²) in [7, 11) is 0. The van der Waals surface area contributed by atoms with Crippen LogP contribution in [-0.4, -0.2) is 27.5 Å². The Balaban J connectivity index is 1.79. The first kappa shape index (κ1) is 13.6. The van der Waals surface area contributed by atoms with E-state index in [1.807, 2.05) is 12.4 Å². The maximum Gasteiger partial charge on any atom is 0.0640 e. The van der Waals surface area contributed by atoms with Crippen LogP contribution < -0.4 is 5.32 Å². The normalized spacial score (nSPS) is 28.5. The van der Waals surface area contributed by atoms with Crippen LogP contribution in [0.5, 0.6) is 0 Å². The Labute approximate surface area is 109 Å². The third kappa shape index (κ3) is 3.56. The van der Waals surface area contributed by atoms with Crippen molar-refractivity contribution >= 4 is 0 Å². The van der Waals surface area contributed by atoms with E-state index in [2.05, 4.69) is 24.3 Å². The highest BCUT2D eigenvalue weighted by atomic mass is 16.3. The molecular weight excluding hydrogens is 226 g/mol. The second kappa shape index (κ2) is 6.34. The van der Waals surface area contributed by atoms with Gasteiger partial charge in [0, 0.05) is 24.3 Å². The van der Waals surface area contributed by atoms with E-state index in [0.29, 0.717) is 12.6 Å². The van der Waals surface area contributed by atoms with Gasteiger partial charge in [-0.1, -0.05) is 13.8 Å². The van der Waals surface area contributed by atoms with Gasteiger partial charge in [-0.15, -0.1) is 0 Å². The Morgan fingerprint density at radius 2 is 2.28 bits per heavy atom. The van der Waals surface area contributed by atoms with Crippen molar-refractivity contribution in [1.29, 1.82) is 0 Å². The Morgan fingerprint density at radius 1 is 1.44 bits per heavy atom. The van der Waals surface area contributed by atoms with Gasteiger partial charge >= 0.3 is 0 Å². The summed E-state index contributed by atoms with van der Waals surface area (Å²) in [4.78, 5) is 0. The van der Waals surface area contributed by atoms with Gasteiger partial charge in [0.1, 0.15) is 0 Å². The van der Waals surface area contributed by atoms with E-state index in [4.69, 9.17) is 5.11 Å². The molecule has 1 aliphatic rings. The SMILES string of the molecule is CC1CCC(NCc2cnn(CCO)c2)C(C)C1. The van der Waals surface area contributed by atoms with Crippen LogP contribution in [0.25, 0.3) is 0 Å². The first-order valence-electron chi connectivity index (χ1n) is 7.04. The van der Waals surface area contributed by atoms with Gasteiger partial charge in [-0.25, -0.2) is 0 Å². The Kier molecular flexibility index (Phi) is 4.78. The van der Waals surface area contributed by atoms with Gasteiger partial charge < -0.3 is 10.4 Å². The number of nitrogens with zero attached hydrogens (tertiary/aromatic N) is 2. The Morgan fingerprint density at radius 3 is 3.00 bits per heavy atom. The van der Waals surface area contributed by atoms with Gasteiger partial charge in [-0.3, -0.25) is 4.68 Å². The fourth-order valence-corrected chi connectivity index (χ4v) is 2.94. The summed E-state index contributed by atoms with van der Waals surface area (Å²) in [6.45, 7) is 6.31. The van der Waals surface area contributed by atoms with Gasteiger partial charge in [0.05, 0.1) is 19.3 Å². The number of aliphatic hydroxyl groups excluding tert-OH is 1. The summed E-state index contributed by atoms with van der Waals surface area (Å²) in [5.41, 5.74) is 1.20. The van der Waals surface area contributed by atoms with Crippen LogP contribution in [0.15, 0.2) is 12.4 Å². The van der Waals surface area contributed by atoms with Crippen molar-refractivity contribution in [2.24, 2.45) is 11.8 Å². The molecule has 0 aromatic carbocycles. The fourth-order valence-electron chi connectivity index (χ4n) is 2.94. The number of hydrogen-bond acceptors (Lipinski definition) is 3. The summed E-state index contributed by atoms with van der Waals surface area (Å²) in [6.07, 6.45) is 7.86. The molecule has 1 saturated carbocycles. The van der Waals surface area contributed by atoms with E-state index in [1.54, 1.807) is 4.68 Å². The molecule has 102 valence electrons. The average Bonchev–Trinajstić information content (AvgIpc) is 2.76. The van der Waals surface area contributed by atoms with Crippen molar-refractivity contribution in [1.82, 2.24) is 15.1 Å². The third-order valence-electron chi connectivity index (χ3n) is 4.02. The summed E-state index contributed by atoms with van der Waals surface area (Å²) in [5.74, 6) is 1.64. The third-order valence-corrected chi connectivity index (χ3v) is 4.02. The molecular formula is C14H25N3O. The quantitative estimate of drug-likeness (QED) is 0.839. The lowest BCUT2D eigenvalue weighted by Gasteiger charge is -2.33. The Bertz CT molecular complexity index is 364. The molecule has 4 nitrogen and oxygen atoms in total. The molecule has 0 bridgehead atoms. The summed E-state index contributed by atoms with van der Waals surface area (Å²) in [5, 5.41) is 16.7. The molecule has 0 saturated heterocycles. The minimum Gasteiger partial charge on any atom is -0.394 e. The molecule has 2 rings (SSSR count). The summed E-state index contributed by atoms with van der Waals surface area (Å²) < 4.78 is 1.80. The van der Waals surface area contributed by atoms with Crippen molar-refractivity contribution in [3.05, 3.63) is 18.0 Å². The van der Waals surface area contributed by atoms with Crippen LogP contribution in [-0.2, 0) is 13.1 Å². The predicted molar refractivity (Wildman–Crippen MR) is 72.1 cm³/mol. The standard InChI is InChI=1S/C14H25N3O/c1-11-3-4-14(12(2)7-11)15-8-13-9-16-17(10-13)5-6-18/h9-12,14-15,18H,3-8H2,1-2H3. The van der Waals surface area contributed by atoms with E-state index in [0.717, 1.165) is 18.4 Å². The molecule has 1 aromatic rings. The largest absolute Gasteiger partial charge is 0.394 e. The maximum atomic E-state index is 8.85. The molecule has 1 heterocycles. The first-order valence-corrected chi connectivity index (χ1v) is 7.04. The topological polar surface area (TPSA) is 50.1 Å². The average molecular weight is 251 g/mol. The molecule has 0 radical (unpaired) electrons. The van der Waals surface area contributed by atoms with Gasteiger partial charge in [0.25, 0.3) is 0 Å². The van der Waals surface area contributed by atoms with E-state index in [9.17, 15) is 0 Å². The highest BCUT2D eigenvalue weighted by molar-refractivity contribution is 5.03. The number of rotatable bonds is 5. The molecule has 18 heavy (non-hydrogen) atoms. The summed E-state index contributed by atoms with van der Waals surface area (Å²) >= 11 is 0. The molecule has 1 fully saturated rings. The lowest BCUT2D eigenvalue weighted by molar-refractivity contribution is 0.227. The zero-order chi connectivity index (χ0) is 13.0. The molecule has 0 amide bonds. The highest BCUT2D eigenvalue weighted by Gasteiger charge is 2.24. The maximum absolute atomic E-state index is 8.85. The van der Waals surface area contributed by atoms with E-state index in [-0.39, 0.29) is 6.61 Å². The van der Waals surface area contributed by atoms with Crippen molar-refractivity contribution in [3.8, 4) is 0 Å². The number of aromatic nitrogens is 2. The van der Waals surface area contributed by atoms with Crippen LogP contribution in [0, 0.1) is 11.8 Å². The smallest absolute Gasteiger partial charge is 0.0640 e. The van der Waals surface area contributed by atoms with E-state index < -0.39 is 0 Å². The lowest BCUT2D eigenvalue weighted by Crippen LogP contribution is -2.38. The zero-order valence-corrected chi connectivity index (χ0v) is 11.5. The fraction of sp³-hybridized carbons (Fsp3) is 0.786. The number of nitrogens with one attached hydrogen (secondary N) is 1. The van der Waals surface area contributed by atoms with Crippen LogP contribution in [0.3, 0.4) is 0 Å². The molecule has 2 N–H and O–H groups in total. The van der Waals surface area contributed by atoms with Crippen LogP contribution in [0.1, 0.15) is 38.7 Å². The van der Waals surface area contributed by atoms with Gasteiger partial charge in [-0.05, 0) is 31.1 Å². The van der Waals surface area contributed by atoms with Gasteiger partial charge in [0.15, 0.2) is 0 Å². The second-order valence-corrected chi connectivity index (χ2v) is 5.72.